The molecule has 1 fully saturated rings. The van der Waals surface area contributed by atoms with E-state index in [4.69, 9.17) is 9.15 Å². The third-order valence-corrected chi connectivity index (χ3v) is 4.09. The van der Waals surface area contributed by atoms with Gasteiger partial charge in [0.15, 0.2) is 5.76 Å². The predicted molar refractivity (Wildman–Crippen MR) is 75.3 cm³/mol. The van der Waals surface area contributed by atoms with Crippen molar-refractivity contribution in [3.05, 3.63) is 28.3 Å². The van der Waals surface area contributed by atoms with Crippen molar-refractivity contribution in [2.24, 2.45) is 0 Å². The SMILES string of the molecule is CC(=O)NCc1ccc(-c2csc([C@@H]3CCCO3)n2)o1. The summed E-state index contributed by atoms with van der Waals surface area (Å²) in [5.41, 5.74) is 0.828. The van der Waals surface area contributed by atoms with Crippen LogP contribution >= 0.6 is 11.3 Å². The van der Waals surface area contributed by atoms with E-state index in [2.05, 4.69) is 10.3 Å². The topological polar surface area (TPSA) is 64.4 Å². The quantitative estimate of drug-likeness (QED) is 0.941. The Kier molecular flexibility index (Phi) is 3.84. The number of furan rings is 1. The largest absolute Gasteiger partial charge is 0.458 e. The zero-order valence-electron chi connectivity index (χ0n) is 11.2. The molecule has 2 aromatic heterocycles. The molecule has 0 bridgehead atoms. The number of hydrogen-bond donors (Lipinski definition) is 1. The van der Waals surface area contributed by atoms with Gasteiger partial charge in [-0.25, -0.2) is 4.98 Å². The summed E-state index contributed by atoms with van der Waals surface area (Å²) in [5, 5.41) is 5.70. The van der Waals surface area contributed by atoms with Crippen LogP contribution in [0.2, 0.25) is 0 Å². The van der Waals surface area contributed by atoms with Gasteiger partial charge in [-0.2, -0.15) is 0 Å². The second kappa shape index (κ2) is 5.76. The molecule has 1 saturated heterocycles. The summed E-state index contributed by atoms with van der Waals surface area (Å²) in [6.07, 6.45) is 2.28. The molecule has 6 heteroatoms. The van der Waals surface area contributed by atoms with Gasteiger partial charge in [0.1, 0.15) is 22.6 Å². The van der Waals surface area contributed by atoms with Crippen LogP contribution in [0.1, 0.15) is 36.6 Å². The third-order valence-electron chi connectivity index (χ3n) is 3.15. The fourth-order valence-electron chi connectivity index (χ4n) is 2.14. The standard InChI is InChI=1S/C14H16N2O3S/c1-9(17)15-7-10-4-5-12(19-10)11-8-20-14(16-11)13-3-2-6-18-13/h4-5,8,13H,2-3,6-7H2,1H3,(H,15,17)/t13-/m0/s1. The highest BCUT2D eigenvalue weighted by Crippen LogP contribution is 2.33. The number of nitrogens with zero attached hydrogens (tertiary/aromatic N) is 1. The molecule has 0 aliphatic carbocycles. The molecule has 1 aliphatic heterocycles. The maximum absolute atomic E-state index is 10.9. The molecule has 0 unspecified atom stereocenters. The maximum atomic E-state index is 10.9. The first-order valence-corrected chi connectivity index (χ1v) is 7.51. The first kappa shape index (κ1) is 13.3. The van der Waals surface area contributed by atoms with Gasteiger partial charge in [-0.15, -0.1) is 11.3 Å². The van der Waals surface area contributed by atoms with Crippen LogP contribution in [0.5, 0.6) is 0 Å². The van der Waals surface area contributed by atoms with Crippen molar-refractivity contribution in [3.8, 4) is 11.5 Å². The van der Waals surface area contributed by atoms with Gasteiger partial charge < -0.3 is 14.5 Å². The molecule has 1 N–H and O–H groups in total. The third kappa shape index (κ3) is 2.91. The van der Waals surface area contributed by atoms with Crippen LogP contribution in [0.15, 0.2) is 21.9 Å². The molecule has 3 rings (SSSR count). The van der Waals surface area contributed by atoms with Crippen molar-refractivity contribution in [2.75, 3.05) is 6.61 Å². The lowest BCUT2D eigenvalue weighted by Gasteiger charge is -2.03. The van der Waals surface area contributed by atoms with Crippen molar-refractivity contribution in [1.82, 2.24) is 10.3 Å². The Morgan fingerprint density at radius 2 is 2.45 bits per heavy atom. The van der Waals surface area contributed by atoms with Crippen molar-refractivity contribution < 1.29 is 13.9 Å². The number of thiazole rings is 1. The summed E-state index contributed by atoms with van der Waals surface area (Å²) in [6.45, 7) is 2.71. The van der Waals surface area contributed by atoms with E-state index in [0.717, 1.165) is 41.7 Å². The lowest BCUT2D eigenvalue weighted by atomic mass is 10.2. The second-order valence-corrected chi connectivity index (χ2v) is 5.64. The minimum Gasteiger partial charge on any atom is -0.458 e. The molecule has 0 aromatic carbocycles. The number of hydrogen-bond acceptors (Lipinski definition) is 5. The first-order chi connectivity index (χ1) is 9.72. The van der Waals surface area contributed by atoms with E-state index in [1.54, 1.807) is 11.3 Å². The lowest BCUT2D eigenvalue weighted by Crippen LogP contribution is -2.18. The zero-order chi connectivity index (χ0) is 13.9. The van der Waals surface area contributed by atoms with E-state index in [0.29, 0.717) is 6.54 Å². The monoisotopic (exact) mass is 292 g/mol. The van der Waals surface area contributed by atoms with Crippen LogP contribution in [0, 0.1) is 0 Å². The Morgan fingerprint density at radius 1 is 1.55 bits per heavy atom. The van der Waals surface area contributed by atoms with Crippen LogP contribution in [0.4, 0.5) is 0 Å². The number of aromatic nitrogens is 1. The van der Waals surface area contributed by atoms with E-state index in [1.807, 2.05) is 17.5 Å². The average molecular weight is 292 g/mol. The maximum Gasteiger partial charge on any atom is 0.217 e. The Balaban J connectivity index is 1.71. The Hall–Kier alpha value is -1.66. The molecule has 5 nitrogen and oxygen atoms in total. The second-order valence-electron chi connectivity index (χ2n) is 4.75. The summed E-state index contributed by atoms with van der Waals surface area (Å²) in [5.74, 6) is 1.38. The molecule has 1 aliphatic rings. The number of amides is 1. The van der Waals surface area contributed by atoms with Gasteiger partial charge >= 0.3 is 0 Å². The fourth-order valence-corrected chi connectivity index (χ4v) is 3.03. The number of nitrogens with one attached hydrogen (secondary N) is 1. The van der Waals surface area contributed by atoms with E-state index < -0.39 is 0 Å². The predicted octanol–water partition coefficient (Wildman–Crippen LogP) is 2.89. The lowest BCUT2D eigenvalue weighted by molar-refractivity contribution is -0.119. The molecule has 106 valence electrons. The summed E-state index contributed by atoms with van der Waals surface area (Å²) >= 11 is 1.60. The van der Waals surface area contributed by atoms with Crippen LogP contribution < -0.4 is 5.32 Å². The van der Waals surface area contributed by atoms with E-state index in [9.17, 15) is 4.79 Å². The van der Waals surface area contributed by atoms with Crippen LogP contribution in [0.3, 0.4) is 0 Å². The van der Waals surface area contributed by atoms with Gasteiger partial charge in [-0.1, -0.05) is 0 Å². The first-order valence-electron chi connectivity index (χ1n) is 6.63. The number of ether oxygens (including phenoxy) is 1. The molecular formula is C14H16N2O3S. The van der Waals surface area contributed by atoms with Crippen molar-refractivity contribution in [1.29, 1.82) is 0 Å². The molecule has 1 amide bonds. The van der Waals surface area contributed by atoms with Gasteiger partial charge in [0.25, 0.3) is 0 Å². The van der Waals surface area contributed by atoms with Crippen molar-refractivity contribution >= 4 is 17.2 Å². The minimum absolute atomic E-state index is 0.0720. The van der Waals surface area contributed by atoms with Gasteiger partial charge in [0, 0.05) is 18.9 Å². The summed E-state index contributed by atoms with van der Waals surface area (Å²) in [4.78, 5) is 15.5. The van der Waals surface area contributed by atoms with Gasteiger partial charge in [0.05, 0.1) is 6.54 Å². The highest BCUT2D eigenvalue weighted by atomic mass is 32.1. The number of carbonyl (C=O) groups excluding carboxylic acids is 1. The fraction of sp³-hybridized carbons (Fsp3) is 0.429. The number of rotatable bonds is 4. The highest BCUT2D eigenvalue weighted by Gasteiger charge is 2.21. The highest BCUT2D eigenvalue weighted by molar-refractivity contribution is 7.10. The normalized spacial score (nSPS) is 18.4. The van der Waals surface area contributed by atoms with Crippen LogP contribution in [0.25, 0.3) is 11.5 Å². The van der Waals surface area contributed by atoms with Crippen LogP contribution in [-0.4, -0.2) is 17.5 Å². The van der Waals surface area contributed by atoms with Gasteiger partial charge in [0.2, 0.25) is 5.91 Å². The van der Waals surface area contributed by atoms with Gasteiger partial charge in [-0.05, 0) is 25.0 Å². The Morgan fingerprint density at radius 3 is 3.20 bits per heavy atom. The molecule has 0 saturated carbocycles. The minimum atomic E-state index is -0.0720. The molecule has 0 spiro atoms. The molecular weight excluding hydrogens is 276 g/mol. The average Bonchev–Trinajstić information content (AvgIpc) is 3.15. The molecule has 1 atom stereocenters. The summed E-state index contributed by atoms with van der Waals surface area (Å²) in [7, 11) is 0. The molecule has 0 radical (unpaired) electrons. The molecule has 2 aromatic rings. The summed E-state index contributed by atoms with van der Waals surface area (Å²) < 4.78 is 11.3. The van der Waals surface area contributed by atoms with Crippen molar-refractivity contribution in [2.45, 2.75) is 32.4 Å². The van der Waals surface area contributed by atoms with E-state index in [-0.39, 0.29) is 12.0 Å². The number of carbonyl (C=O) groups is 1. The van der Waals surface area contributed by atoms with E-state index >= 15 is 0 Å². The summed E-state index contributed by atoms with van der Waals surface area (Å²) in [6, 6.07) is 3.74. The van der Waals surface area contributed by atoms with Crippen molar-refractivity contribution in [3.63, 3.8) is 0 Å². The van der Waals surface area contributed by atoms with Crippen LogP contribution in [-0.2, 0) is 16.1 Å². The zero-order valence-corrected chi connectivity index (χ0v) is 12.0. The molecule has 3 heterocycles. The van der Waals surface area contributed by atoms with Gasteiger partial charge in [-0.3, -0.25) is 4.79 Å². The Labute approximate surface area is 121 Å². The van der Waals surface area contributed by atoms with E-state index in [1.165, 1.54) is 6.92 Å². The molecule has 20 heavy (non-hydrogen) atoms. The Bertz CT molecular complexity index is 599. The smallest absolute Gasteiger partial charge is 0.217 e.